The molecule has 82 valence electrons. The minimum absolute atomic E-state index is 0.0671. The molecule has 0 aromatic heterocycles. The number of benzene rings is 1. The molecule has 1 aromatic carbocycles. The molecular weight excluding hydrogens is 186 g/mol. The van der Waals surface area contributed by atoms with E-state index in [0.717, 1.165) is 29.7 Å². The molecule has 0 saturated carbocycles. The number of methoxy groups -OCH3 is 1. The second-order valence-electron chi connectivity index (χ2n) is 3.70. The van der Waals surface area contributed by atoms with Crippen LogP contribution < -0.4 is 10.5 Å². The lowest BCUT2D eigenvalue weighted by molar-refractivity contribution is 0.410. The summed E-state index contributed by atoms with van der Waals surface area (Å²) in [5.41, 5.74) is 8.31. The van der Waals surface area contributed by atoms with Gasteiger partial charge in [0.1, 0.15) is 5.75 Å². The van der Waals surface area contributed by atoms with E-state index in [0.29, 0.717) is 0 Å². The van der Waals surface area contributed by atoms with Gasteiger partial charge in [-0.3, -0.25) is 0 Å². The van der Waals surface area contributed by atoms with Crippen molar-refractivity contribution >= 4 is 0 Å². The van der Waals surface area contributed by atoms with Crippen LogP contribution >= 0.6 is 0 Å². The number of nitrogens with two attached hydrogens (primary N) is 1. The molecule has 15 heavy (non-hydrogen) atoms. The topological polar surface area (TPSA) is 35.2 Å². The highest BCUT2D eigenvalue weighted by molar-refractivity contribution is 5.37. The van der Waals surface area contributed by atoms with Gasteiger partial charge >= 0.3 is 0 Å². The van der Waals surface area contributed by atoms with Crippen molar-refractivity contribution in [2.45, 2.75) is 25.8 Å². The molecule has 0 heterocycles. The van der Waals surface area contributed by atoms with Crippen molar-refractivity contribution in [3.05, 3.63) is 42.0 Å². The summed E-state index contributed by atoms with van der Waals surface area (Å²) in [4.78, 5) is 0. The standard InChI is InChI=1S/C13H19NO/c1-4-5-6-12(14)11-8-7-10(2)13(9-11)15-3/h4,7-9,12H,1,5-6,14H2,2-3H3/t12-/m1/s1. The van der Waals surface area contributed by atoms with Gasteiger partial charge in [0.05, 0.1) is 7.11 Å². The van der Waals surface area contributed by atoms with E-state index in [1.54, 1.807) is 7.11 Å². The predicted molar refractivity (Wildman–Crippen MR) is 64.1 cm³/mol. The van der Waals surface area contributed by atoms with Gasteiger partial charge in [0, 0.05) is 6.04 Å². The highest BCUT2D eigenvalue weighted by Gasteiger charge is 2.07. The molecule has 1 atom stereocenters. The zero-order valence-corrected chi connectivity index (χ0v) is 9.49. The lowest BCUT2D eigenvalue weighted by atomic mass is 10.0. The number of rotatable bonds is 5. The summed E-state index contributed by atoms with van der Waals surface area (Å²) in [6.07, 6.45) is 3.76. The Kier molecular flexibility index (Phi) is 4.37. The van der Waals surface area contributed by atoms with Crippen LogP contribution in [0.2, 0.25) is 0 Å². The highest BCUT2D eigenvalue weighted by Crippen LogP contribution is 2.24. The number of allylic oxidation sites excluding steroid dienone is 1. The van der Waals surface area contributed by atoms with Gasteiger partial charge in [0.2, 0.25) is 0 Å². The van der Waals surface area contributed by atoms with Gasteiger partial charge in [0.15, 0.2) is 0 Å². The molecule has 0 fully saturated rings. The third-order valence-corrected chi connectivity index (χ3v) is 2.54. The molecule has 0 aliphatic rings. The van der Waals surface area contributed by atoms with Gasteiger partial charge in [-0.1, -0.05) is 18.2 Å². The van der Waals surface area contributed by atoms with Gasteiger partial charge in [-0.2, -0.15) is 0 Å². The van der Waals surface area contributed by atoms with Crippen LogP contribution in [-0.4, -0.2) is 7.11 Å². The van der Waals surface area contributed by atoms with Crippen LogP contribution in [0.5, 0.6) is 5.75 Å². The largest absolute Gasteiger partial charge is 0.496 e. The molecule has 0 amide bonds. The predicted octanol–water partition coefficient (Wildman–Crippen LogP) is 2.97. The van der Waals surface area contributed by atoms with Crippen LogP contribution in [0.4, 0.5) is 0 Å². The third kappa shape index (κ3) is 3.10. The normalized spacial score (nSPS) is 12.2. The lowest BCUT2D eigenvalue weighted by Crippen LogP contribution is -2.10. The number of ether oxygens (including phenoxy) is 1. The molecule has 2 heteroatoms. The molecule has 0 unspecified atom stereocenters. The number of aryl methyl sites for hydroxylation is 1. The fourth-order valence-corrected chi connectivity index (χ4v) is 1.53. The number of hydrogen-bond acceptors (Lipinski definition) is 2. The van der Waals surface area contributed by atoms with Crippen molar-refractivity contribution in [3.63, 3.8) is 0 Å². The van der Waals surface area contributed by atoms with E-state index in [1.807, 2.05) is 25.1 Å². The van der Waals surface area contributed by atoms with Crippen LogP contribution in [-0.2, 0) is 0 Å². The van der Waals surface area contributed by atoms with Crippen LogP contribution in [0.1, 0.15) is 30.0 Å². The van der Waals surface area contributed by atoms with Crippen molar-refractivity contribution in [3.8, 4) is 5.75 Å². The van der Waals surface area contributed by atoms with E-state index in [1.165, 1.54) is 0 Å². The molecule has 1 aromatic rings. The first kappa shape index (κ1) is 11.8. The molecule has 1 rings (SSSR count). The first-order valence-corrected chi connectivity index (χ1v) is 5.20. The van der Waals surface area contributed by atoms with Crippen molar-refractivity contribution in [1.82, 2.24) is 0 Å². The minimum Gasteiger partial charge on any atom is -0.496 e. The first-order valence-electron chi connectivity index (χ1n) is 5.20. The van der Waals surface area contributed by atoms with E-state index in [4.69, 9.17) is 10.5 Å². The van der Waals surface area contributed by atoms with Gasteiger partial charge < -0.3 is 10.5 Å². The van der Waals surface area contributed by atoms with E-state index in [2.05, 4.69) is 12.6 Å². The summed E-state index contributed by atoms with van der Waals surface area (Å²) in [7, 11) is 1.68. The minimum atomic E-state index is 0.0671. The van der Waals surface area contributed by atoms with Gasteiger partial charge in [-0.05, 0) is 37.0 Å². The van der Waals surface area contributed by atoms with Crippen molar-refractivity contribution in [1.29, 1.82) is 0 Å². The molecular formula is C13H19NO. The summed E-state index contributed by atoms with van der Waals surface area (Å²) in [6, 6.07) is 6.19. The Bertz CT molecular complexity index is 333. The molecule has 0 bridgehead atoms. The Balaban J connectivity index is 2.80. The SMILES string of the molecule is C=CCC[C@@H](N)c1ccc(C)c(OC)c1. The zero-order chi connectivity index (χ0) is 11.3. The maximum Gasteiger partial charge on any atom is 0.122 e. The van der Waals surface area contributed by atoms with E-state index in [-0.39, 0.29) is 6.04 Å². The first-order chi connectivity index (χ1) is 7.19. The van der Waals surface area contributed by atoms with Gasteiger partial charge in [-0.15, -0.1) is 6.58 Å². The number of hydrogen-bond donors (Lipinski definition) is 1. The second kappa shape index (κ2) is 5.56. The smallest absolute Gasteiger partial charge is 0.122 e. The van der Waals surface area contributed by atoms with Crippen molar-refractivity contribution in [2.24, 2.45) is 5.73 Å². The molecule has 0 saturated heterocycles. The lowest BCUT2D eigenvalue weighted by Gasteiger charge is -2.13. The third-order valence-electron chi connectivity index (χ3n) is 2.54. The molecule has 0 aliphatic carbocycles. The summed E-state index contributed by atoms with van der Waals surface area (Å²) in [5, 5.41) is 0. The quantitative estimate of drug-likeness (QED) is 0.750. The maximum atomic E-state index is 6.05. The van der Waals surface area contributed by atoms with Crippen LogP contribution in [0, 0.1) is 6.92 Å². The second-order valence-corrected chi connectivity index (χ2v) is 3.70. The molecule has 0 radical (unpaired) electrons. The summed E-state index contributed by atoms with van der Waals surface area (Å²) >= 11 is 0. The summed E-state index contributed by atoms with van der Waals surface area (Å²) in [6.45, 7) is 5.72. The monoisotopic (exact) mass is 205 g/mol. The Morgan fingerprint density at radius 1 is 1.53 bits per heavy atom. The van der Waals surface area contributed by atoms with E-state index in [9.17, 15) is 0 Å². The fraction of sp³-hybridized carbons (Fsp3) is 0.385. The summed E-state index contributed by atoms with van der Waals surface area (Å²) in [5.74, 6) is 0.904. The molecule has 0 spiro atoms. The van der Waals surface area contributed by atoms with Crippen molar-refractivity contribution in [2.75, 3.05) is 7.11 Å². The van der Waals surface area contributed by atoms with Crippen molar-refractivity contribution < 1.29 is 4.74 Å². The fourth-order valence-electron chi connectivity index (χ4n) is 1.53. The Labute approximate surface area is 91.7 Å². The van der Waals surface area contributed by atoms with Gasteiger partial charge in [0.25, 0.3) is 0 Å². The van der Waals surface area contributed by atoms with E-state index >= 15 is 0 Å². The van der Waals surface area contributed by atoms with Crippen LogP contribution in [0.3, 0.4) is 0 Å². The summed E-state index contributed by atoms with van der Waals surface area (Å²) < 4.78 is 5.26. The molecule has 2 nitrogen and oxygen atoms in total. The highest BCUT2D eigenvalue weighted by atomic mass is 16.5. The Hall–Kier alpha value is -1.28. The Morgan fingerprint density at radius 2 is 2.27 bits per heavy atom. The average Bonchev–Trinajstić information content (AvgIpc) is 2.26. The van der Waals surface area contributed by atoms with E-state index < -0.39 is 0 Å². The van der Waals surface area contributed by atoms with Crippen LogP contribution in [0.25, 0.3) is 0 Å². The molecule has 2 N–H and O–H groups in total. The maximum absolute atomic E-state index is 6.05. The average molecular weight is 205 g/mol. The zero-order valence-electron chi connectivity index (χ0n) is 9.49. The van der Waals surface area contributed by atoms with Gasteiger partial charge in [-0.25, -0.2) is 0 Å². The molecule has 0 aliphatic heterocycles. The Morgan fingerprint density at radius 3 is 2.87 bits per heavy atom. The van der Waals surface area contributed by atoms with Crippen LogP contribution in [0.15, 0.2) is 30.9 Å².